The summed E-state index contributed by atoms with van der Waals surface area (Å²) in [6.45, 7) is 8.19. The van der Waals surface area contributed by atoms with E-state index >= 15 is 0 Å². The largest absolute Gasteiger partial charge is 0.465 e. The second-order valence-electron chi connectivity index (χ2n) is 5.15. The first kappa shape index (κ1) is 12.0. The highest BCUT2D eigenvalue weighted by Crippen LogP contribution is 2.19. The van der Waals surface area contributed by atoms with Crippen LogP contribution in [-0.4, -0.2) is 12.6 Å². The van der Waals surface area contributed by atoms with Gasteiger partial charge in [0.2, 0.25) is 0 Å². The fourth-order valence-electron chi connectivity index (χ4n) is 1.29. The van der Waals surface area contributed by atoms with E-state index < -0.39 is 5.41 Å². The fourth-order valence-corrected chi connectivity index (χ4v) is 1.29. The Balaban J connectivity index is 2.34. The first-order chi connectivity index (χ1) is 6.89. The normalized spacial score (nSPS) is 21.1. The monoisotopic (exact) mass is 208 g/mol. The Morgan fingerprint density at radius 1 is 1.53 bits per heavy atom. The minimum absolute atomic E-state index is 0.123. The van der Waals surface area contributed by atoms with Crippen LogP contribution in [0.1, 0.15) is 34.1 Å². The topological polar surface area (TPSA) is 26.3 Å². The number of carbonyl (C=O) groups excluding carboxylic acids is 1. The lowest BCUT2D eigenvalue weighted by Crippen LogP contribution is -2.25. The van der Waals surface area contributed by atoms with Crippen molar-refractivity contribution in [2.75, 3.05) is 6.61 Å². The van der Waals surface area contributed by atoms with Crippen LogP contribution in [0.5, 0.6) is 0 Å². The minimum Gasteiger partial charge on any atom is -0.465 e. The molecule has 0 heterocycles. The zero-order chi connectivity index (χ0) is 11.5. The summed E-state index contributed by atoms with van der Waals surface area (Å²) >= 11 is 0. The Labute approximate surface area is 92.0 Å². The predicted octanol–water partition coefficient (Wildman–Crippen LogP) is 3.10. The Hall–Kier alpha value is -1.05. The lowest BCUT2D eigenvalue weighted by molar-refractivity contribution is -0.153. The Morgan fingerprint density at radius 2 is 2.20 bits per heavy atom. The van der Waals surface area contributed by atoms with Crippen LogP contribution in [0.3, 0.4) is 0 Å². The summed E-state index contributed by atoms with van der Waals surface area (Å²) in [5.74, 6) is 0.224. The predicted molar refractivity (Wildman–Crippen MR) is 61.4 cm³/mol. The number of rotatable bonds is 2. The number of ether oxygens (including phenoxy) is 1. The van der Waals surface area contributed by atoms with Crippen LogP contribution in [0.25, 0.3) is 0 Å². The van der Waals surface area contributed by atoms with Crippen molar-refractivity contribution in [3.63, 3.8) is 0 Å². The molecule has 0 spiro atoms. The van der Waals surface area contributed by atoms with Crippen molar-refractivity contribution in [2.45, 2.75) is 34.1 Å². The van der Waals surface area contributed by atoms with Crippen molar-refractivity contribution in [2.24, 2.45) is 11.3 Å². The molecule has 0 aromatic carbocycles. The van der Waals surface area contributed by atoms with Crippen molar-refractivity contribution >= 4 is 5.97 Å². The summed E-state index contributed by atoms with van der Waals surface area (Å²) in [6, 6.07) is 0. The Bertz CT molecular complexity index is 292. The van der Waals surface area contributed by atoms with Gasteiger partial charge in [-0.15, -0.1) is 0 Å². The van der Waals surface area contributed by atoms with E-state index in [9.17, 15) is 4.79 Å². The maximum atomic E-state index is 11.5. The van der Waals surface area contributed by atoms with E-state index in [-0.39, 0.29) is 5.97 Å². The molecule has 2 heteroatoms. The van der Waals surface area contributed by atoms with Gasteiger partial charge in [0, 0.05) is 5.92 Å². The molecule has 2 nitrogen and oxygen atoms in total. The van der Waals surface area contributed by atoms with Gasteiger partial charge in [0.15, 0.2) is 0 Å². The molecular formula is C13H20O2. The molecular weight excluding hydrogens is 188 g/mol. The third-order valence-corrected chi connectivity index (χ3v) is 2.41. The van der Waals surface area contributed by atoms with Gasteiger partial charge >= 0.3 is 5.97 Å². The molecule has 1 aliphatic rings. The van der Waals surface area contributed by atoms with Crippen LogP contribution in [0, 0.1) is 11.3 Å². The number of hydrogen-bond donors (Lipinski definition) is 0. The molecule has 0 fully saturated rings. The molecule has 0 saturated heterocycles. The maximum Gasteiger partial charge on any atom is 0.311 e. The quantitative estimate of drug-likeness (QED) is 0.652. The van der Waals surface area contributed by atoms with Crippen LogP contribution in [-0.2, 0) is 9.53 Å². The third-order valence-electron chi connectivity index (χ3n) is 2.41. The smallest absolute Gasteiger partial charge is 0.311 e. The van der Waals surface area contributed by atoms with Crippen molar-refractivity contribution in [3.05, 3.63) is 23.8 Å². The third kappa shape index (κ3) is 3.90. The second kappa shape index (κ2) is 4.65. The Morgan fingerprint density at radius 3 is 2.67 bits per heavy atom. The van der Waals surface area contributed by atoms with Gasteiger partial charge in [-0.1, -0.05) is 23.8 Å². The fraction of sp³-hybridized carbons (Fsp3) is 0.615. The molecule has 1 unspecified atom stereocenters. The molecule has 0 bridgehead atoms. The highest BCUT2D eigenvalue weighted by atomic mass is 16.5. The van der Waals surface area contributed by atoms with Crippen molar-refractivity contribution in [1.82, 2.24) is 0 Å². The molecule has 0 radical (unpaired) electrons. The summed E-state index contributed by atoms with van der Waals surface area (Å²) in [7, 11) is 0. The van der Waals surface area contributed by atoms with Gasteiger partial charge in [0.25, 0.3) is 0 Å². The van der Waals surface area contributed by atoms with Crippen molar-refractivity contribution in [1.29, 1.82) is 0 Å². The van der Waals surface area contributed by atoms with Gasteiger partial charge in [-0.05, 0) is 34.1 Å². The SMILES string of the molecule is CC1=CCC(COC(=O)C(C)(C)C)C=C1. The molecule has 15 heavy (non-hydrogen) atoms. The zero-order valence-electron chi connectivity index (χ0n) is 10.0. The van der Waals surface area contributed by atoms with E-state index in [1.807, 2.05) is 20.8 Å². The van der Waals surface area contributed by atoms with E-state index in [1.165, 1.54) is 5.57 Å². The summed E-state index contributed by atoms with van der Waals surface area (Å²) < 4.78 is 5.26. The highest BCUT2D eigenvalue weighted by Gasteiger charge is 2.23. The van der Waals surface area contributed by atoms with E-state index in [0.29, 0.717) is 12.5 Å². The van der Waals surface area contributed by atoms with Gasteiger partial charge in [0.05, 0.1) is 12.0 Å². The Kier molecular flexibility index (Phi) is 3.72. The van der Waals surface area contributed by atoms with Gasteiger partial charge in [-0.3, -0.25) is 4.79 Å². The average Bonchev–Trinajstić information content (AvgIpc) is 2.15. The van der Waals surface area contributed by atoms with E-state index in [4.69, 9.17) is 4.74 Å². The van der Waals surface area contributed by atoms with Gasteiger partial charge in [0.1, 0.15) is 0 Å². The van der Waals surface area contributed by atoms with Gasteiger partial charge < -0.3 is 4.74 Å². The molecule has 0 saturated carbocycles. The molecule has 1 rings (SSSR count). The minimum atomic E-state index is -0.399. The van der Waals surface area contributed by atoms with E-state index in [0.717, 1.165) is 6.42 Å². The summed E-state index contributed by atoms with van der Waals surface area (Å²) in [5, 5.41) is 0. The second-order valence-corrected chi connectivity index (χ2v) is 5.15. The number of hydrogen-bond acceptors (Lipinski definition) is 2. The maximum absolute atomic E-state index is 11.5. The van der Waals surface area contributed by atoms with Crippen LogP contribution in [0.15, 0.2) is 23.8 Å². The zero-order valence-corrected chi connectivity index (χ0v) is 10.0. The molecule has 0 aliphatic heterocycles. The first-order valence-corrected chi connectivity index (χ1v) is 5.42. The average molecular weight is 208 g/mol. The van der Waals surface area contributed by atoms with Gasteiger partial charge in [-0.2, -0.15) is 0 Å². The lowest BCUT2D eigenvalue weighted by Gasteiger charge is -2.20. The molecule has 0 N–H and O–H groups in total. The highest BCUT2D eigenvalue weighted by molar-refractivity contribution is 5.75. The van der Waals surface area contributed by atoms with Crippen molar-refractivity contribution < 1.29 is 9.53 Å². The molecule has 84 valence electrons. The standard InChI is InChI=1S/C13H20O2/c1-10-5-7-11(8-6-10)9-15-12(14)13(2,3)4/h5-7,11H,8-9H2,1-4H3. The molecule has 1 atom stereocenters. The van der Waals surface area contributed by atoms with Crippen LogP contribution >= 0.6 is 0 Å². The number of allylic oxidation sites excluding steroid dienone is 3. The molecule has 1 aliphatic carbocycles. The van der Waals surface area contributed by atoms with Crippen LogP contribution in [0.2, 0.25) is 0 Å². The van der Waals surface area contributed by atoms with Gasteiger partial charge in [-0.25, -0.2) is 0 Å². The van der Waals surface area contributed by atoms with Crippen LogP contribution in [0.4, 0.5) is 0 Å². The molecule has 0 aromatic heterocycles. The summed E-state index contributed by atoms with van der Waals surface area (Å²) in [6.07, 6.45) is 7.35. The number of esters is 1. The first-order valence-electron chi connectivity index (χ1n) is 5.42. The van der Waals surface area contributed by atoms with Crippen molar-refractivity contribution in [3.8, 4) is 0 Å². The van der Waals surface area contributed by atoms with E-state index in [1.54, 1.807) is 0 Å². The van der Waals surface area contributed by atoms with E-state index in [2.05, 4.69) is 25.2 Å². The summed E-state index contributed by atoms with van der Waals surface area (Å²) in [4.78, 5) is 11.5. The lowest BCUT2D eigenvalue weighted by atomic mass is 9.96. The number of carbonyl (C=O) groups is 1. The van der Waals surface area contributed by atoms with Crippen LogP contribution < -0.4 is 0 Å². The summed E-state index contributed by atoms with van der Waals surface area (Å²) in [5.41, 5.74) is 0.887. The molecule has 0 amide bonds. The molecule has 0 aromatic rings.